The lowest BCUT2D eigenvalue weighted by molar-refractivity contribution is -0.165. The molecule has 0 bridgehead atoms. The molecule has 25 heavy (non-hydrogen) atoms. The van der Waals surface area contributed by atoms with E-state index in [0.717, 1.165) is 0 Å². The number of ether oxygens (including phenoxy) is 1. The largest absolute Gasteiger partial charge is 0.394 e. The Balaban J connectivity index is 1.92. The lowest BCUT2D eigenvalue weighted by Crippen LogP contribution is -2.57. The van der Waals surface area contributed by atoms with E-state index < -0.39 is 36.7 Å². The molecule has 4 rings (SSSR count). The molecule has 0 aliphatic carbocycles. The summed E-state index contributed by atoms with van der Waals surface area (Å²) in [5.41, 5.74) is 4.84. The number of hydrogen-bond donors (Lipinski definition) is 5. The quantitative estimate of drug-likeness (QED) is 0.400. The number of carbonyl (C=O) groups excluding carboxylic acids is 1. The molecular formula is C14H18N6O5. The highest BCUT2D eigenvalue weighted by atomic mass is 16.6. The summed E-state index contributed by atoms with van der Waals surface area (Å²) in [6.45, 7) is -0.496. The molecule has 134 valence electrons. The SMILES string of the molecule is Nc1ncnc2c1ncn2[C@]1(C2CCC(=O)N2)O[C@H](CO)[C@@H](O)[C@H]1O. The van der Waals surface area contributed by atoms with Crippen LogP contribution in [0.3, 0.4) is 0 Å². The fourth-order valence-electron chi connectivity index (χ4n) is 3.66. The first-order valence-corrected chi connectivity index (χ1v) is 7.87. The number of rotatable bonds is 3. The molecular weight excluding hydrogens is 332 g/mol. The van der Waals surface area contributed by atoms with E-state index in [0.29, 0.717) is 17.6 Å². The summed E-state index contributed by atoms with van der Waals surface area (Å²) in [6, 6.07) is -0.644. The number of aliphatic hydroxyl groups excluding tert-OH is 3. The summed E-state index contributed by atoms with van der Waals surface area (Å²) in [6.07, 6.45) is -0.550. The van der Waals surface area contributed by atoms with Gasteiger partial charge in [-0.15, -0.1) is 0 Å². The molecule has 11 heteroatoms. The monoisotopic (exact) mass is 350 g/mol. The van der Waals surface area contributed by atoms with E-state index in [1.54, 1.807) is 0 Å². The van der Waals surface area contributed by atoms with Gasteiger partial charge >= 0.3 is 0 Å². The van der Waals surface area contributed by atoms with Gasteiger partial charge in [0.25, 0.3) is 0 Å². The number of anilines is 1. The van der Waals surface area contributed by atoms with Crippen LogP contribution in [0.5, 0.6) is 0 Å². The molecule has 4 heterocycles. The summed E-state index contributed by atoms with van der Waals surface area (Å²) in [4.78, 5) is 23.9. The number of carbonyl (C=O) groups is 1. The van der Waals surface area contributed by atoms with Gasteiger partial charge in [0.1, 0.15) is 30.2 Å². The molecule has 0 saturated carbocycles. The molecule has 6 N–H and O–H groups in total. The number of aromatic nitrogens is 4. The molecule has 2 fully saturated rings. The van der Waals surface area contributed by atoms with Gasteiger partial charge in [-0.05, 0) is 6.42 Å². The summed E-state index contributed by atoms with van der Waals surface area (Å²) >= 11 is 0. The van der Waals surface area contributed by atoms with Crippen LogP contribution >= 0.6 is 0 Å². The zero-order valence-corrected chi connectivity index (χ0v) is 13.1. The van der Waals surface area contributed by atoms with Gasteiger partial charge in [-0.25, -0.2) is 15.0 Å². The first-order valence-electron chi connectivity index (χ1n) is 7.87. The van der Waals surface area contributed by atoms with Crippen LogP contribution in [0.4, 0.5) is 5.82 Å². The Hall–Kier alpha value is -2.34. The smallest absolute Gasteiger partial charge is 0.220 e. The summed E-state index contributed by atoms with van der Waals surface area (Å²) in [5.74, 6) is -0.0400. The fraction of sp³-hybridized carbons (Fsp3) is 0.571. The summed E-state index contributed by atoms with van der Waals surface area (Å²) in [5, 5.41) is 33.3. The minimum absolute atomic E-state index is 0.154. The van der Waals surface area contributed by atoms with Gasteiger partial charge in [-0.3, -0.25) is 9.36 Å². The second-order valence-corrected chi connectivity index (χ2v) is 6.23. The minimum atomic E-state index is -1.57. The van der Waals surface area contributed by atoms with E-state index >= 15 is 0 Å². The van der Waals surface area contributed by atoms with Gasteiger partial charge in [-0.1, -0.05) is 0 Å². The third-order valence-electron chi connectivity index (χ3n) is 4.88. The molecule has 11 nitrogen and oxygen atoms in total. The van der Waals surface area contributed by atoms with Crippen molar-refractivity contribution in [3.63, 3.8) is 0 Å². The molecule has 1 unspecified atom stereocenters. The average Bonchev–Trinajstić information content (AvgIpc) is 3.28. The summed E-state index contributed by atoms with van der Waals surface area (Å²) in [7, 11) is 0. The van der Waals surface area contributed by atoms with Crippen LogP contribution in [0.2, 0.25) is 0 Å². The fourth-order valence-corrected chi connectivity index (χ4v) is 3.66. The normalized spacial score (nSPS) is 35.4. The average molecular weight is 350 g/mol. The van der Waals surface area contributed by atoms with E-state index in [4.69, 9.17) is 10.5 Å². The highest BCUT2D eigenvalue weighted by Crippen LogP contribution is 2.42. The number of amides is 1. The standard InChI is InChI=1S/C14H18N6O5/c15-12-9-13(17-4-16-12)20(5-18-9)14(7-1-2-8(22)19-7)11(24)10(23)6(3-21)25-14/h4-7,10-11,21,23-24H,1-3H2,(H,19,22)(H2,15,16,17)/t6-,7?,10-,11-,14-/m1/s1. The topological polar surface area (TPSA) is 169 Å². The molecule has 2 aliphatic rings. The number of hydrogen-bond acceptors (Lipinski definition) is 9. The minimum Gasteiger partial charge on any atom is -0.394 e. The second kappa shape index (κ2) is 5.59. The molecule has 2 saturated heterocycles. The van der Waals surface area contributed by atoms with Gasteiger partial charge in [0.05, 0.1) is 19.0 Å². The number of nitrogen functional groups attached to an aromatic ring is 1. The Morgan fingerprint density at radius 1 is 1.40 bits per heavy atom. The van der Waals surface area contributed by atoms with E-state index in [9.17, 15) is 20.1 Å². The van der Waals surface area contributed by atoms with Gasteiger partial charge in [0.2, 0.25) is 5.91 Å². The van der Waals surface area contributed by atoms with Crippen molar-refractivity contribution in [2.45, 2.75) is 42.9 Å². The molecule has 0 spiro atoms. The van der Waals surface area contributed by atoms with Crippen molar-refractivity contribution >= 4 is 22.9 Å². The zero-order valence-electron chi connectivity index (χ0n) is 13.1. The van der Waals surface area contributed by atoms with Crippen LogP contribution in [0.1, 0.15) is 12.8 Å². The van der Waals surface area contributed by atoms with Crippen molar-refractivity contribution < 1.29 is 24.9 Å². The highest BCUT2D eigenvalue weighted by molar-refractivity contribution is 5.82. The molecule has 2 aliphatic heterocycles. The number of fused-ring (bicyclic) bond motifs is 1. The van der Waals surface area contributed by atoms with E-state index in [2.05, 4.69) is 20.3 Å². The molecule has 0 radical (unpaired) electrons. The van der Waals surface area contributed by atoms with Crippen molar-refractivity contribution in [2.75, 3.05) is 12.3 Å². The van der Waals surface area contributed by atoms with Crippen molar-refractivity contribution in [1.29, 1.82) is 0 Å². The van der Waals surface area contributed by atoms with Gasteiger partial charge in [-0.2, -0.15) is 0 Å². The van der Waals surface area contributed by atoms with Crippen molar-refractivity contribution in [1.82, 2.24) is 24.8 Å². The van der Waals surface area contributed by atoms with E-state index in [1.807, 2.05) is 0 Å². The predicted molar refractivity (Wildman–Crippen MR) is 82.8 cm³/mol. The van der Waals surface area contributed by atoms with E-state index in [-0.39, 0.29) is 18.1 Å². The predicted octanol–water partition coefficient (Wildman–Crippen LogP) is -2.55. The Morgan fingerprint density at radius 2 is 2.20 bits per heavy atom. The van der Waals surface area contributed by atoms with Gasteiger partial charge in [0, 0.05) is 6.42 Å². The number of nitrogens with two attached hydrogens (primary N) is 1. The first-order chi connectivity index (χ1) is 12.0. The Kier molecular flexibility index (Phi) is 3.61. The van der Waals surface area contributed by atoms with Crippen molar-refractivity contribution in [2.24, 2.45) is 0 Å². The van der Waals surface area contributed by atoms with Crippen LogP contribution in [-0.2, 0) is 15.3 Å². The van der Waals surface area contributed by atoms with Gasteiger partial charge < -0.3 is 31.1 Å². The van der Waals surface area contributed by atoms with Crippen LogP contribution in [0.25, 0.3) is 11.2 Å². The molecule has 1 amide bonds. The molecule has 5 atom stereocenters. The van der Waals surface area contributed by atoms with Crippen LogP contribution in [0.15, 0.2) is 12.7 Å². The van der Waals surface area contributed by atoms with Gasteiger partial charge in [0.15, 0.2) is 17.2 Å². The maximum absolute atomic E-state index is 11.7. The van der Waals surface area contributed by atoms with Crippen molar-refractivity contribution in [3.8, 4) is 0 Å². The van der Waals surface area contributed by atoms with Crippen LogP contribution in [-0.4, -0.2) is 71.7 Å². The third-order valence-corrected chi connectivity index (χ3v) is 4.88. The lowest BCUT2D eigenvalue weighted by atomic mass is 9.93. The second-order valence-electron chi connectivity index (χ2n) is 6.23. The number of aliphatic hydroxyl groups is 3. The maximum atomic E-state index is 11.7. The summed E-state index contributed by atoms with van der Waals surface area (Å²) < 4.78 is 7.35. The molecule has 0 aromatic carbocycles. The Bertz CT molecular complexity index is 827. The van der Waals surface area contributed by atoms with Crippen molar-refractivity contribution in [3.05, 3.63) is 12.7 Å². The Labute approximate surface area is 141 Å². The van der Waals surface area contributed by atoms with Crippen LogP contribution in [0, 0.1) is 0 Å². The van der Waals surface area contributed by atoms with Crippen LogP contribution < -0.4 is 11.1 Å². The Morgan fingerprint density at radius 3 is 2.84 bits per heavy atom. The first kappa shape index (κ1) is 16.1. The molecule has 2 aromatic heterocycles. The maximum Gasteiger partial charge on any atom is 0.220 e. The zero-order chi connectivity index (χ0) is 17.8. The number of nitrogens with one attached hydrogen (secondary N) is 1. The number of imidazole rings is 1. The lowest BCUT2D eigenvalue weighted by Gasteiger charge is -2.38. The van der Waals surface area contributed by atoms with E-state index in [1.165, 1.54) is 17.2 Å². The third kappa shape index (κ3) is 2.13. The molecule has 2 aromatic rings. The number of nitrogens with zero attached hydrogens (tertiary/aromatic N) is 4. The highest BCUT2D eigenvalue weighted by Gasteiger charge is 2.61.